The summed E-state index contributed by atoms with van der Waals surface area (Å²) in [6.07, 6.45) is 7.59. The van der Waals surface area contributed by atoms with Gasteiger partial charge in [-0.25, -0.2) is 0 Å². The minimum Gasteiger partial charge on any atom is -0.499 e. The van der Waals surface area contributed by atoms with Crippen LogP contribution in [0.25, 0.3) is 0 Å². The molecule has 1 heterocycles. The van der Waals surface area contributed by atoms with Crippen LogP contribution in [0.15, 0.2) is 12.3 Å². The van der Waals surface area contributed by atoms with E-state index in [1.807, 2.05) is 0 Å². The lowest BCUT2D eigenvalue weighted by molar-refractivity contribution is 0.201. The van der Waals surface area contributed by atoms with Crippen molar-refractivity contribution >= 4 is 0 Å². The SMILES string of the molecule is C=C1CCCCCCCO1. The fourth-order valence-electron chi connectivity index (χ4n) is 1.24. The number of hydrogen-bond acceptors (Lipinski definition) is 1. The summed E-state index contributed by atoms with van der Waals surface area (Å²) in [7, 11) is 0. The lowest BCUT2D eigenvalue weighted by Crippen LogP contribution is -1.91. The highest BCUT2D eigenvalue weighted by Crippen LogP contribution is 2.14. The summed E-state index contributed by atoms with van der Waals surface area (Å²) < 4.78 is 5.37. The molecule has 0 aromatic heterocycles. The summed E-state index contributed by atoms with van der Waals surface area (Å²) >= 11 is 0. The molecular weight excluding hydrogens is 124 g/mol. The molecule has 58 valence electrons. The van der Waals surface area contributed by atoms with E-state index in [1.54, 1.807) is 0 Å². The van der Waals surface area contributed by atoms with Gasteiger partial charge in [-0.1, -0.05) is 25.8 Å². The average molecular weight is 140 g/mol. The van der Waals surface area contributed by atoms with Crippen LogP contribution in [-0.2, 0) is 4.74 Å². The predicted octanol–water partition coefficient (Wildman–Crippen LogP) is 2.87. The van der Waals surface area contributed by atoms with E-state index in [-0.39, 0.29) is 0 Å². The molecule has 0 aliphatic carbocycles. The van der Waals surface area contributed by atoms with Crippen LogP contribution in [-0.4, -0.2) is 6.61 Å². The van der Waals surface area contributed by atoms with Crippen LogP contribution in [0.3, 0.4) is 0 Å². The number of rotatable bonds is 0. The fourth-order valence-corrected chi connectivity index (χ4v) is 1.24. The maximum absolute atomic E-state index is 5.37. The van der Waals surface area contributed by atoms with Gasteiger partial charge < -0.3 is 4.74 Å². The molecule has 0 saturated carbocycles. The van der Waals surface area contributed by atoms with Gasteiger partial charge in [0.05, 0.1) is 12.4 Å². The summed E-state index contributed by atoms with van der Waals surface area (Å²) in [5, 5.41) is 0. The van der Waals surface area contributed by atoms with Crippen molar-refractivity contribution in [2.75, 3.05) is 6.61 Å². The van der Waals surface area contributed by atoms with Crippen molar-refractivity contribution < 1.29 is 4.74 Å². The lowest BCUT2D eigenvalue weighted by Gasteiger charge is -2.04. The highest BCUT2D eigenvalue weighted by atomic mass is 16.5. The molecule has 0 unspecified atom stereocenters. The molecule has 10 heavy (non-hydrogen) atoms. The molecular formula is C9H16O. The predicted molar refractivity (Wildman–Crippen MR) is 42.8 cm³/mol. The van der Waals surface area contributed by atoms with Gasteiger partial charge in [0.1, 0.15) is 0 Å². The maximum atomic E-state index is 5.37. The maximum Gasteiger partial charge on any atom is 0.0888 e. The second kappa shape index (κ2) is 4.37. The Balaban J connectivity index is 2.21. The molecule has 0 atom stereocenters. The first kappa shape index (κ1) is 7.64. The average Bonchev–Trinajstić information content (AvgIpc) is 2.02. The molecule has 1 saturated heterocycles. The van der Waals surface area contributed by atoms with Gasteiger partial charge in [-0.2, -0.15) is 0 Å². The molecule has 0 bridgehead atoms. The normalized spacial score (nSPS) is 22.2. The Morgan fingerprint density at radius 3 is 2.60 bits per heavy atom. The van der Waals surface area contributed by atoms with Crippen LogP contribution in [0.2, 0.25) is 0 Å². The number of allylic oxidation sites excluding steroid dienone is 1. The van der Waals surface area contributed by atoms with Crippen molar-refractivity contribution in [3.8, 4) is 0 Å². The van der Waals surface area contributed by atoms with Crippen molar-refractivity contribution in [3.63, 3.8) is 0 Å². The standard InChI is InChI=1S/C9H16O/c1-9-7-5-3-2-4-6-8-10-9/h1-8H2. The third kappa shape index (κ3) is 2.90. The first-order valence-corrected chi connectivity index (χ1v) is 4.20. The molecule has 0 amide bonds. The Labute approximate surface area is 63.1 Å². The van der Waals surface area contributed by atoms with E-state index < -0.39 is 0 Å². The van der Waals surface area contributed by atoms with Crippen LogP contribution in [0.5, 0.6) is 0 Å². The van der Waals surface area contributed by atoms with E-state index >= 15 is 0 Å². The van der Waals surface area contributed by atoms with E-state index in [4.69, 9.17) is 4.74 Å². The van der Waals surface area contributed by atoms with Crippen LogP contribution in [0, 0.1) is 0 Å². The molecule has 1 aliphatic heterocycles. The fraction of sp³-hybridized carbons (Fsp3) is 0.778. The summed E-state index contributed by atoms with van der Waals surface area (Å²) in [6.45, 7) is 4.72. The third-order valence-corrected chi connectivity index (χ3v) is 1.91. The van der Waals surface area contributed by atoms with Crippen molar-refractivity contribution in [1.29, 1.82) is 0 Å². The second-order valence-corrected chi connectivity index (χ2v) is 2.90. The number of hydrogen-bond donors (Lipinski definition) is 0. The zero-order chi connectivity index (χ0) is 7.23. The molecule has 0 aromatic carbocycles. The Hall–Kier alpha value is -0.460. The minimum atomic E-state index is 0.888. The summed E-state index contributed by atoms with van der Waals surface area (Å²) in [5.41, 5.74) is 0. The van der Waals surface area contributed by atoms with Gasteiger partial charge in [0.15, 0.2) is 0 Å². The first-order valence-electron chi connectivity index (χ1n) is 4.20. The zero-order valence-corrected chi connectivity index (χ0v) is 6.57. The molecule has 0 spiro atoms. The van der Waals surface area contributed by atoms with Crippen molar-refractivity contribution in [3.05, 3.63) is 12.3 Å². The van der Waals surface area contributed by atoms with Crippen LogP contribution < -0.4 is 0 Å². The Morgan fingerprint density at radius 2 is 1.70 bits per heavy atom. The summed E-state index contributed by atoms with van der Waals surface area (Å²) in [4.78, 5) is 0. The van der Waals surface area contributed by atoms with Gasteiger partial charge >= 0.3 is 0 Å². The zero-order valence-electron chi connectivity index (χ0n) is 6.57. The largest absolute Gasteiger partial charge is 0.499 e. The molecule has 0 aromatic rings. The van der Waals surface area contributed by atoms with Crippen molar-refractivity contribution in [2.24, 2.45) is 0 Å². The Bertz CT molecular complexity index is 95.3. The summed E-state index contributed by atoms with van der Waals surface area (Å²) in [5.74, 6) is 0.988. The molecule has 1 heteroatoms. The lowest BCUT2D eigenvalue weighted by atomic mass is 10.1. The van der Waals surface area contributed by atoms with E-state index in [1.165, 1.54) is 32.1 Å². The van der Waals surface area contributed by atoms with Crippen molar-refractivity contribution in [2.45, 2.75) is 38.5 Å². The highest BCUT2D eigenvalue weighted by Gasteiger charge is 1.99. The van der Waals surface area contributed by atoms with Gasteiger partial charge in [0.25, 0.3) is 0 Å². The van der Waals surface area contributed by atoms with E-state index in [2.05, 4.69) is 6.58 Å². The minimum absolute atomic E-state index is 0.888. The van der Waals surface area contributed by atoms with Crippen LogP contribution in [0.1, 0.15) is 38.5 Å². The van der Waals surface area contributed by atoms with Crippen LogP contribution >= 0.6 is 0 Å². The van der Waals surface area contributed by atoms with Gasteiger partial charge in [0.2, 0.25) is 0 Å². The topological polar surface area (TPSA) is 9.23 Å². The molecule has 0 N–H and O–H groups in total. The molecule has 1 nitrogen and oxygen atoms in total. The first-order chi connectivity index (χ1) is 4.89. The Kier molecular flexibility index (Phi) is 3.34. The number of ether oxygens (including phenoxy) is 1. The third-order valence-electron chi connectivity index (χ3n) is 1.91. The molecule has 1 fully saturated rings. The van der Waals surface area contributed by atoms with Gasteiger partial charge in [-0.05, 0) is 12.8 Å². The van der Waals surface area contributed by atoms with E-state index in [0.29, 0.717) is 0 Å². The molecule has 0 radical (unpaired) electrons. The van der Waals surface area contributed by atoms with Crippen LogP contribution in [0.4, 0.5) is 0 Å². The monoisotopic (exact) mass is 140 g/mol. The molecule has 1 aliphatic rings. The van der Waals surface area contributed by atoms with E-state index in [9.17, 15) is 0 Å². The van der Waals surface area contributed by atoms with Gasteiger partial charge in [-0.3, -0.25) is 0 Å². The van der Waals surface area contributed by atoms with Gasteiger partial charge in [-0.15, -0.1) is 0 Å². The van der Waals surface area contributed by atoms with Crippen molar-refractivity contribution in [1.82, 2.24) is 0 Å². The second-order valence-electron chi connectivity index (χ2n) is 2.90. The quantitative estimate of drug-likeness (QED) is 0.502. The molecule has 1 rings (SSSR count). The summed E-state index contributed by atoms with van der Waals surface area (Å²) in [6, 6.07) is 0. The highest BCUT2D eigenvalue weighted by molar-refractivity contribution is 4.82. The smallest absolute Gasteiger partial charge is 0.0888 e. The van der Waals surface area contributed by atoms with E-state index in [0.717, 1.165) is 18.8 Å². The van der Waals surface area contributed by atoms with Gasteiger partial charge in [0, 0.05) is 6.42 Å². The Morgan fingerprint density at radius 1 is 1.00 bits per heavy atom.